The number of hydrogen-bond acceptors (Lipinski definition) is 4. The van der Waals surface area contributed by atoms with Crippen LogP contribution in [0.25, 0.3) is 0 Å². The van der Waals surface area contributed by atoms with Crippen molar-refractivity contribution in [2.45, 2.75) is 25.0 Å². The SMILES string of the molecule is C=CCC12C=CC(C1)C(OC=O)C2OC=O. The third kappa shape index (κ3) is 1.45. The fourth-order valence-corrected chi connectivity index (χ4v) is 2.92. The van der Waals surface area contributed by atoms with Gasteiger partial charge in [-0.3, -0.25) is 9.59 Å². The molecule has 4 atom stereocenters. The minimum absolute atomic E-state index is 0.148. The van der Waals surface area contributed by atoms with Crippen molar-refractivity contribution in [3.63, 3.8) is 0 Å². The Hall–Kier alpha value is -1.58. The molecule has 0 radical (unpaired) electrons. The molecule has 4 nitrogen and oxygen atoms in total. The zero-order valence-corrected chi connectivity index (χ0v) is 8.87. The van der Waals surface area contributed by atoms with Crippen LogP contribution in [-0.2, 0) is 19.1 Å². The molecule has 0 aromatic rings. The molecule has 4 heteroatoms. The van der Waals surface area contributed by atoms with Gasteiger partial charge in [-0.05, 0) is 12.8 Å². The molecule has 86 valence electrons. The second-order valence-corrected chi connectivity index (χ2v) is 4.30. The predicted octanol–water partition coefficient (Wildman–Crippen LogP) is 1.22. The fraction of sp³-hybridized carbons (Fsp3) is 0.500. The molecular weight excluding hydrogens is 208 g/mol. The van der Waals surface area contributed by atoms with Gasteiger partial charge in [0.2, 0.25) is 0 Å². The number of hydrogen-bond donors (Lipinski definition) is 0. The first-order chi connectivity index (χ1) is 7.77. The summed E-state index contributed by atoms with van der Waals surface area (Å²) >= 11 is 0. The summed E-state index contributed by atoms with van der Waals surface area (Å²) in [5.74, 6) is 0.148. The number of fused-ring (bicyclic) bond motifs is 2. The molecule has 16 heavy (non-hydrogen) atoms. The van der Waals surface area contributed by atoms with Gasteiger partial charge >= 0.3 is 0 Å². The van der Waals surface area contributed by atoms with E-state index < -0.39 is 0 Å². The molecule has 1 saturated carbocycles. The standard InChI is InChI=1S/C12H14O4/c1-2-4-12-5-3-9(6-12)10(15-7-13)11(12)16-8-14/h2-3,5,7-11H,1,4,6H2. The van der Waals surface area contributed by atoms with Crippen molar-refractivity contribution in [2.24, 2.45) is 11.3 Å². The van der Waals surface area contributed by atoms with Crippen LogP contribution in [0.1, 0.15) is 12.8 Å². The van der Waals surface area contributed by atoms with Gasteiger partial charge in [0.05, 0.1) is 0 Å². The highest BCUT2D eigenvalue weighted by atomic mass is 16.6. The average Bonchev–Trinajstić information content (AvgIpc) is 2.78. The number of carbonyl (C=O) groups is 2. The predicted molar refractivity (Wildman–Crippen MR) is 56.4 cm³/mol. The summed E-state index contributed by atoms with van der Waals surface area (Å²) in [6.45, 7) is 4.55. The van der Waals surface area contributed by atoms with Crippen molar-refractivity contribution in [1.82, 2.24) is 0 Å². The Morgan fingerprint density at radius 2 is 2.12 bits per heavy atom. The zero-order valence-electron chi connectivity index (χ0n) is 8.87. The quantitative estimate of drug-likeness (QED) is 0.501. The molecule has 0 N–H and O–H groups in total. The maximum Gasteiger partial charge on any atom is 0.293 e. The summed E-state index contributed by atoms with van der Waals surface area (Å²) in [5, 5.41) is 0. The maximum atomic E-state index is 10.5. The lowest BCUT2D eigenvalue weighted by molar-refractivity contribution is -0.155. The first-order valence-corrected chi connectivity index (χ1v) is 5.26. The molecule has 2 rings (SSSR count). The smallest absolute Gasteiger partial charge is 0.293 e. The van der Waals surface area contributed by atoms with Gasteiger partial charge in [-0.1, -0.05) is 18.2 Å². The summed E-state index contributed by atoms with van der Waals surface area (Å²) in [6.07, 6.45) is 6.71. The van der Waals surface area contributed by atoms with E-state index in [0.717, 1.165) is 12.8 Å². The van der Waals surface area contributed by atoms with Gasteiger partial charge in [-0.25, -0.2) is 0 Å². The van der Waals surface area contributed by atoms with Crippen molar-refractivity contribution in [3.8, 4) is 0 Å². The lowest BCUT2D eigenvalue weighted by atomic mass is 9.81. The Balaban J connectivity index is 2.25. The average molecular weight is 222 g/mol. The van der Waals surface area contributed by atoms with Crippen LogP contribution in [0.5, 0.6) is 0 Å². The third-order valence-corrected chi connectivity index (χ3v) is 3.52. The summed E-state index contributed by atoms with van der Waals surface area (Å²) in [7, 11) is 0. The van der Waals surface area contributed by atoms with E-state index in [-0.39, 0.29) is 23.5 Å². The summed E-state index contributed by atoms with van der Waals surface area (Å²) < 4.78 is 10.1. The third-order valence-electron chi connectivity index (χ3n) is 3.52. The fourth-order valence-electron chi connectivity index (χ4n) is 2.92. The molecule has 0 spiro atoms. The van der Waals surface area contributed by atoms with Gasteiger partial charge in [0.15, 0.2) is 0 Å². The van der Waals surface area contributed by atoms with E-state index in [4.69, 9.17) is 9.47 Å². The van der Waals surface area contributed by atoms with Crippen LogP contribution in [-0.4, -0.2) is 25.2 Å². The van der Waals surface area contributed by atoms with Crippen LogP contribution in [0.3, 0.4) is 0 Å². The molecule has 0 heterocycles. The van der Waals surface area contributed by atoms with Crippen molar-refractivity contribution < 1.29 is 19.1 Å². The van der Waals surface area contributed by atoms with Gasteiger partial charge in [0.1, 0.15) is 12.2 Å². The minimum atomic E-state index is -0.386. The molecule has 0 aromatic carbocycles. The lowest BCUT2D eigenvalue weighted by Crippen LogP contribution is -2.40. The topological polar surface area (TPSA) is 52.6 Å². The highest BCUT2D eigenvalue weighted by Crippen LogP contribution is 2.53. The van der Waals surface area contributed by atoms with Crippen LogP contribution in [0.4, 0.5) is 0 Å². The van der Waals surface area contributed by atoms with E-state index in [1.54, 1.807) is 6.08 Å². The highest BCUT2D eigenvalue weighted by Gasteiger charge is 2.57. The first kappa shape index (κ1) is 10.9. The Morgan fingerprint density at radius 1 is 1.38 bits per heavy atom. The molecule has 2 bridgehead atoms. The Bertz CT molecular complexity index is 336. The molecule has 0 amide bonds. The van der Waals surface area contributed by atoms with E-state index in [1.807, 2.05) is 6.08 Å². The normalized spacial score (nSPS) is 39.4. The van der Waals surface area contributed by atoms with Crippen molar-refractivity contribution >= 4 is 12.9 Å². The van der Waals surface area contributed by atoms with Crippen LogP contribution in [0, 0.1) is 11.3 Å². The lowest BCUT2D eigenvalue weighted by Gasteiger charge is -2.32. The van der Waals surface area contributed by atoms with Crippen LogP contribution in [0.2, 0.25) is 0 Å². The molecule has 0 saturated heterocycles. The van der Waals surface area contributed by atoms with Crippen LogP contribution >= 0.6 is 0 Å². The molecule has 2 aliphatic carbocycles. The molecule has 0 aliphatic heterocycles. The van der Waals surface area contributed by atoms with E-state index in [9.17, 15) is 9.59 Å². The molecule has 0 aromatic heterocycles. The van der Waals surface area contributed by atoms with Crippen LogP contribution in [0.15, 0.2) is 24.8 Å². The summed E-state index contributed by atoms with van der Waals surface area (Å²) in [6, 6.07) is 0. The number of allylic oxidation sites excluding steroid dienone is 1. The summed E-state index contributed by atoms with van der Waals surface area (Å²) in [5.41, 5.74) is -0.235. The molecule has 2 aliphatic rings. The van der Waals surface area contributed by atoms with Crippen molar-refractivity contribution in [1.29, 1.82) is 0 Å². The van der Waals surface area contributed by atoms with Gasteiger partial charge in [-0.2, -0.15) is 0 Å². The first-order valence-electron chi connectivity index (χ1n) is 5.26. The van der Waals surface area contributed by atoms with E-state index in [0.29, 0.717) is 12.9 Å². The van der Waals surface area contributed by atoms with Crippen molar-refractivity contribution in [3.05, 3.63) is 24.8 Å². The van der Waals surface area contributed by atoms with Gasteiger partial charge < -0.3 is 9.47 Å². The second kappa shape index (κ2) is 4.12. The monoisotopic (exact) mass is 222 g/mol. The largest absolute Gasteiger partial charge is 0.460 e. The number of carbonyl (C=O) groups excluding carboxylic acids is 2. The zero-order chi connectivity index (χ0) is 11.6. The minimum Gasteiger partial charge on any atom is -0.460 e. The van der Waals surface area contributed by atoms with Gasteiger partial charge in [0, 0.05) is 11.3 Å². The Kier molecular flexibility index (Phi) is 2.81. The Morgan fingerprint density at radius 3 is 2.75 bits per heavy atom. The summed E-state index contributed by atoms with van der Waals surface area (Å²) in [4.78, 5) is 21.0. The van der Waals surface area contributed by atoms with Crippen molar-refractivity contribution in [2.75, 3.05) is 0 Å². The highest BCUT2D eigenvalue weighted by molar-refractivity contribution is 5.42. The molecule has 1 fully saturated rings. The number of rotatable bonds is 6. The second-order valence-electron chi connectivity index (χ2n) is 4.30. The maximum absolute atomic E-state index is 10.5. The number of ether oxygens (including phenoxy) is 2. The van der Waals surface area contributed by atoms with Gasteiger partial charge in [-0.15, -0.1) is 6.58 Å². The van der Waals surface area contributed by atoms with E-state index in [2.05, 4.69) is 12.7 Å². The Labute approximate surface area is 93.9 Å². The van der Waals surface area contributed by atoms with E-state index in [1.165, 1.54) is 0 Å². The van der Waals surface area contributed by atoms with E-state index >= 15 is 0 Å². The molecular formula is C12H14O4. The van der Waals surface area contributed by atoms with Crippen LogP contribution < -0.4 is 0 Å². The molecule has 4 unspecified atom stereocenters. The van der Waals surface area contributed by atoms with Gasteiger partial charge in [0.25, 0.3) is 12.9 Å².